The summed E-state index contributed by atoms with van der Waals surface area (Å²) in [6.07, 6.45) is 0.821. The maximum Gasteiger partial charge on any atom is 0.0931 e. The summed E-state index contributed by atoms with van der Waals surface area (Å²) in [6.45, 7) is 7.12. The van der Waals surface area contributed by atoms with E-state index in [1.54, 1.807) is 11.3 Å². The molecule has 0 aromatic carbocycles. The van der Waals surface area contributed by atoms with Gasteiger partial charge >= 0.3 is 0 Å². The van der Waals surface area contributed by atoms with Crippen LogP contribution in [0.2, 0.25) is 4.34 Å². The van der Waals surface area contributed by atoms with Crippen LogP contribution >= 0.6 is 22.9 Å². The summed E-state index contributed by atoms with van der Waals surface area (Å²) in [6, 6.07) is 4.38. The van der Waals surface area contributed by atoms with Crippen molar-refractivity contribution in [2.75, 3.05) is 46.3 Å². The van der Waals surface area contributed by atoms with Crippen molar-refractivity contribution in [3.05, 3.63) is 21.3 Å². The number of hydrogen-bond donors (Lipinski definition) is 1. The van der Waals surface area contributed by atoms with Crippen LogP contribution in [0.15, 0.2) is 12.1 Å². The van der Waals surface area contributed by atoms with Gasteiger partial charge in [-0.2, -0.15) is 0 Å². The Kier molecular flexibility index (Phi) is 5.19. The largest absolute Gasteiger partial charge is 0.390 e. The number of rotatable bonds is 3. The van der Waals surface area contributed by atoms with E-state index in [4.69, 9.17) is 11.6 Å². The van der Waals surface area contributed by atoms with Crippen LogP contribution in [0.4, 0.5) is 0 Å². The molecule has 0 aliphatic carbocycles. The number of piperazine rings is 1. The highest BCUT2D eigenvalue weighted by molar-refractivity contribution is 7.16. The highest BCUT2D eigenvalue weighted by Gasteiger charge is 2.33. The van der Waals surface area contributed by atoms with Gasteiger partial charge in [-0.15, -0.1) is 11.3 Å². The molecule has 3 rings (SSSR count). The van der Waals surface area contributed by atoms with Gasteiger partial charge in [-0.05, 0) is 25.6 Å². The van der Waals surface area contributed by atoms with Crippen molar-refractivity contribution >= 4 is 22.9 Å². The van der Waals surface area contributed by atoms with Crippen molar-refractivity contribution in [2.45, 2.75) is 25.1 Å². The summed E-state index contributed by atoms with van der Waals surface area (Å²) in [5.74, 6) is 0. The van der Waals surface area contributed by atoms with E-state index in [-0.39, 0.29) is 6.10 Å². The number of hydrogen-bond acceptors (Lipinski definition) is 5. The molecular weight excluding hydrogens is 306 g/mol. The summed E-state index contributed by atoms with van der Waals surface area (Å²) >= 11 is 7.62. The van der Waals surface area contributed by atoms with E-state index < -0.39 is 0 Å². The average Bonchev–Trinajstić information content (AvgIpc) is 2.86. The molecule has 4 nitrogen and oxygen atoms in total. The van der Waals surface area contributed by atoms with Gasteiger partial charge in [-0.1, -0.05) is 11.6 Å². The van der Waals surface area contributed by atoms with Gasteiger partial charge in [0.2, 0.25) is 0 Å². The number of nitrogens with zero attached hydrogens (tertiary/aromatic N) is 3. The van der Waals surface area contributed by atoms with E-state index in [1.807, 2.05) is 6.07 Å². The first-order valence-corrected chi connectivity index (χ1v) is 8.88. The topological polar surface area (TPSA) is 30.0 Å². The number of β-amino-alcohol motifs (C(OH)–C–C–N with tert-alkyl or cyclic N) is 1. The van der Waals surface area contributed by atoms with Gasteiger partial charge in [0.25, 0.3) is 0 Å². The maximum atomic E-state index is 10.5. The Bertz CT molecular complexity index is 462. The van der Waals surface area contributed by atoms with Gasteiger partial charge in [0.15, 0.2) is 0 Å². The van der Waals surface area contributed by atoms with E-state index in [0.29, 0.717) is 6.04 Å². The molecule has 118 valence electrons. The zero-order chi connectivity index (χ0) is 14.8. The average molecular weight is 330 g/mol. The molecule has 2 aliphatic heterocycles. The predicted molar refractivity (Wildman–Crippen MR) is 88.1 cm³/mol. The number of aliphatic hydroxyl groups excluding tert-OH is 1. The Morgan fingerprint density at radius 2 is 2.00 bits per heavy atom. The van der Waals surface area contributed by atoms with E-state index in [2.05, 4.69) is 27.8 Å². The first-order chi connectivity index (χ1) is 10.1. The van der Waals surface area contributed by atoms with Crippen molar-refractivity contribution < 1.29 is 5.11 Å². The SMILES string of the molecule is CN1CCN([C@@H]2CCN(Cc3ccc(Cl)s3)C[C@H]2O)CC1. The van der Waals surface area contributed by atoms with Crippen LogP contribution in [0.1, 0.15) is 11.3 Å². The summed E-state index contributed by atoms with van der Waals surface area (Å²) in [5.41, 5.74) is 0. The second-order valence-corrected chi connectivity index (χ2v) is 8.00. The minimum Gasteiger partial charge on any atom is -0.390 e. The number of halogens is 1. The summed E-state index contributed by atoms with van der Waals surface area (Å²) in [7, 11) is 2.17. The summed E-state index contributed by atoms with van der Waals surface area (Å²) in [4.78, 5) is 8.47. The maximum absolute atomic E-state index is 10.5. The predicted octanol–water partition coefficient (Wildman–Crippen LogP) is 1.58. The first kappa shape index (κ1) is 15.7. The molecule has 0 unspecified atom stereocenters. The van der Waals surface area contributed by atoms with E-state index in [1.165, 1.54) is 4.88 Å². The van der Waals surface area contributed by atoms with Gasteiger partial charge in [-0.3, -0.25) is 9.80 Å². The molecule has 1 aromatic rings. The fourth-order valence-electron chi connectivity index (χ4n) is 3.36. The zero-order valence-electron chi connectivity index (χ0n) is 12.5. The smallest absolute Gasteiger partial charge is 0.0931 e. The second kappa shape index (κ2) is 6.94. The standard InChI is InChI=1S/C15H24ClN3OS/c1-17-6-8-19(9-7-17)13-4-5-18(11-14(13)20)10-12-2-3-15(16)21-12/h2-3,13-14,20H,4-11H2,1H3/t13-,14-/m1/s1. The summed E-state index contributed by atoms with van der Waals surface area (Å²) < 4.78 is 0.845. The van der Waals surface area contributed by atoms with Crippen LogP contribution in [0.3, 0.4) is 0 Å². The molecule has 3 heterocycles. The van der Waals surface area contributed by atoms with Crippen LogP contribution in [0.5, 0.6) is 0 Å². The molecular formula is C15H24ClN3OS. The zero-order valence-corrected chi connectivity index (χ0v) is 14.1. The first-order valence-electron chi connectivity index (χ1n) is 7.69. The Morgan fingerprint density at radius 1 is 1.24 bits per heavy atom. The Morgan fingerprint density at radius 3 is 2.62 bits per heavy atom. The highest BCUT2D eigenvalue weighted by atomic mass is 35.5. The Hall–Kier alpha value is -0.170. The van der Waals surface area contributed by atoms with E-state index >= 15 is 0 Å². The molecule has 21 heavy (non-hydrogen) atoms. The third kappa shape index (κ3) is 3.97. The molecule has 2 fully saturated rings. The molecule has 2 aliphatic rings. The Balaban J connectivity index is 1.52. The van der Waals surface area contributed by atoms with E-state index in [9.17, 15) is 5.11 Å². The molecule has 1 aromatic heterocycles. The van der Waals surface area contributed by atoms with Crippen molar-refractivity contribution in [3.63, 3.8) is 0 Å². The van der Waals surface area contributed by atoms with Crippen molar-refractivity contribution in [2.24, 2.45) is 0 Å². The number of likely N-dealkylation sites (N-methyl/N-ethyl adjacent to an activating group) is 1. The molecule has 1 N–H and O–H groups in total. The lowest BCUT2D eigenvalue weighted by molar-refractivity contribution is -0.0283. The lowest BCUT2D eigenvalue weighted by Gasteiger charge is -2.44. The van der Waals surface area contributed by atoms with Crippen LogP contribution in [0, 0.1) is 0 Å². The molecule has 2 saturated heterocycles. The third-order valence-corrected chi connectivity index (χ3v) is 5.86. The molecule has 0 saturated carbocycles. The van der Waals surface area contributed by atoms with Gasteiger partial charge in [0.05, 0.1) is 10.4 Å². The van der Waals surface area contributed by atoms with Crippen molar-refractivity contribution in [1.29, 1.82) is 0 Å². The molecule has 6 heteroatoms. The fraction of sp³-hybridized carbons (Fsp3) is 0.733. The molecule has 2 atom stereocenters. The van der Waals surface area contributed by atoms with Gasteiger partial charge < -0.3 is 10.0 Å². The third-order valence-electron chi connectivity index (χ3n) is 4.65. The lowest BCUT2D eigenvalue weighted by atomic mass is 9.99. The molecule has 0 amide bonds. The van der Waals surface area contributed by atoms with Crippen molar-refractivity contribution in [3.8, 4) is 0 Å². The quantitative estimate of drug-likeness (QED) is 0.912. The van der Waals surface area contributed by atoms with Crippen LogP contribution in [0.25, 0.3) is 0 Å². The minimum absolute atomic E-state index is 0.238. The molecule has 0 radical (unpaired) electrons. The number of likely N-dealkylation sites (tertiary alicyclic amines) is 1. The monoisotopic (exact) mass is 329 g/mol. The van der Waals surface area contributed by atoms with Crippen molar-refractivity contribution in [1.82, 2.24) is 14.7 Å². The lowest BCUT2D eigenvalue weighted by Crippen LogP contribution is -2.58. The number of piperidine rings is 1. The second-order valence-electron chi connectivity index (χ2n) is 6.20. The molecule has 0 bridgehead atoms. The van der Waals surface area contributed by atoms with E-state index in [0.717, 1.165) is 56.6 Å². The van der Waals surface area contributed by atoms with Gasteiger partial charge in [-0.25, -0.2) is 0 Å². The number of aliphatic hydroxyl groups is 1. The van der Waals surface area contributed by atoms with Gasteiger partial charge in [0.1, 0.15) is 0 Å². The normalized spacial score (nSPS) is 29.9. The molecule has 0 spiro atoms. The van der Waals surface area contributed by atoms with Crippen LogP contribution in [-0.2, 0) is 6.54 Å². The van der Waals surface area contributed by atoms with Gasteiger partial charge in [0, 0.05) is 56.7 Å². The highest BCUT2D eigenvalue weighted by Crippen LogP contribution is 2.25. The summed E-state index contributed by atoms with van der Waals surface area (Å²) in [5, 5.41) is 10.5. The van der Waals surface area contributed by atoms with Crippen LogP contribution in [-0.4, -0.2) is 78.3 Å². The Labute approximate surface area is 135 Å². The minimum atomic E-state index is -0.238. The number of thiophene rings is 1. The van der Waals surface area contributed by atoms with Crippen LogP contribution < -0.4 is 0 Å². The fourth-order valence-corrected chi connectivity index (χ4v) is 4.49.